The van der Waals surface area contributed by atoms with Crippen molar-refractivity contribution < 1.29 is 16.8 Å². The molecule has 0 N–H and O–H groups in total. The van der Waals surface area contributed by atoms with Gasteiger partial charge in [-0.05, 0) is 67.6 Å². The van der Waals surface area contributed by atoms with E-state index in [2.05, 4.69) is 0 Å². The van der Waals surface area contributed by atoms with Gasteiger partial charge in [0.25, 0.3) is 10.0 Å². The van der Waals surface area contributed by atoms with E-state index in [0.717, 1.165) is 12.8 Å². The Balaban J connectivity index is 1.75. The summed E-state index contributed by atoms with van der Waals surface area (Å²) in [7, 11) is -7.50. The van der Waals surface area contributed by atoms with Gasteiger partial charge in [0, 0.05) is 24.7 Å². The van der Waals surface area contributed by atoms with Crippen LogP contribution in [0.1, 0.15) is 24.8 Å². The monoisotopic (exact) mass is 474 g/mol. The maximum absolute atomic E-state index is 13.3. The van der Waals surface area contributed by atoms with Gasteiger partial charge in [0.15, 0.2) is 0 Å². The number of nitrogens with zero attached hydrogens (tertiary/aromatic N) is 2. The van der Waals surface area contributed by atoms with Gasteiger partial charge in [-0.3, -0.25) is 4.31 Å². The first kappa shape index (κ1) is 20.9. The zero-order chi connectivity index (χ0) is 20.8. The predicted molar refractivity (Wildman–Crippen MR) is 114 cm³/mol. The van der Waals surface area contributed by atoms with E-state index in [1.165, 1.54) is 32.9 Å². The highest BCUT2D eigenvalue weighted by Gasteiger charge is 2.33. The van der Waals surface area contributed by atoms with Crippen molar-refractivity contribution in [1.29, 1.82) is 0 Å². The topological polar surface area (TPSA) is 74.8 Å². The third-order valence-corrected chi connectivity index (χ3v) is 9.72. The zero-order valence-corrected chi connectivity index (χ0v) is 18.7. The van der Waals surface area contributed by atoms with Gasteiger partial charge in [-0.2, -0.15) is 4.31 Å². The standard InChI is InChI=1S/C19H20Cl2N2O4S2/c20-15-5-7-17(21)19(13-15)29(26,27)23-11-3-4-14-12-16(6-8-18(14)23)28(24,25)22-9-1-2-10-22/h5-8,12-13H,1-4,9-11H2. The fourth-order valence-corrected chi connectivity index (χ4v) is 7.67. The molecule has 0 radical (unpaired) electrons. The van der Waals surface area contributed by atoms with Crippen molar-refractivity contribution in [3.8, 4) is 0 Å². The molecule has 156 valence electrons. The van der Waals surface area contributed by atoms with Crippen LogP contribution in [0.5, 0.6) is 0 Å². The van der Waals surface area contributed by atoms with Gasteiger partial charge in [-0.15, -0.1) is 0 Å². The van der Waals surface area contributed by atoms with Gasteiger partial charge >= 0.3 is 0 Å². The van der Waals surface area contributed by atoms with Crippen LogP contribution in [-0.2, 0) is 26.5 Å². The maximum atomic E-state index is 13.3. The molecule has 0 spiro atoms. The average molecular weight is 475 g/mol. The van der Waals surface area contributed by atoms with E-state index >= 15 is 0 Å². The van der Waals surface area contributed by atoms with E-state index in [0.29, 0.717) is 37.2 Å². The third-order valence-electron chi connectivity index (χ3n) is 5.29. The van der Waals surface area contributed by atoms with Gasteiger partial charge in [-0.25, -0.2) is 16.8 Å². The highest BCUT2D eigenvalue weighted by molar-refractivity contribution is 7.93. The number of hydrogen-bond donors (Lipinski definition) is 0. The normalized spacial score (nSPS) is 18.1. The number of fused-ring (bicyclic) bond motifs is 1. The second kappa shape index (κ2) is 7.74. The van der Waals surface area contributed by atoms with Crippen molar-refractivity contribution in [2.24, 2.45) is 0 Å². The molecule has 1 saturated heterocycles. The first-order chi connectivity index (χ1) is 13.7. The summed E-state index contributed by atoms with van der Waals surface area (Å²) in [6.45, 7) is 1.33. The first-order valence-corrected chi connectivity index (χ1v) is 13.0. The Kier molecular flexibility index (Phi) is 5.59. The number of hydrogen-bond acceptors (Lipinski definition) is 4. The zero-order valence-electron chi connectivity index (χ0n) is 15.5. The number of aryl methyl sites for hydroxylation is 1. The molecule has 6 nitrogen and oxygen atoms in total. The van der Waals surface area contributed by atoms with Gasteiger partial charge in [0.05, 0.1) is 15.6 Å². The van der Waals surface area contributed by atoms with Crippen LogP contribution >= 0.6 is 23.2 Å². The van der Waals surface area contributed by atoms with Gasteiger partial charge in [0.2, 0.25) is 10.0 Å². The van der Waals surface area contributed by atoms with E-state index in [1.807, 2.05) is 0 Å². The van der Waals surface area contributed by atoms with Gasteiger partial charge < -0.3 is 0 Å². The lowest BCUT2D eigenvalue weighted by Crippen LogP contribution is -2.36. The Morgan fingerprint density at radius 3 is 2.24 bits per heavy atom. The summed E-state index contributed by atoms with van der Waals surface area (Å²) in [4.78, 5) is 0.145. The summed E-state index contributed by atoms with van der Waals surface area (Å²) in [6, 6.07) is 8.98. The van der Waals surface area contributed by atoms with Crippen LogP contribution in [0.3, 0.4) is 0 Å². The quantitative estimate of drug-likeness (QED) is 0.672. The number of sulfonamides is 2. The minimum Gasteiger partial charge on any atom is -0.266 e. The number of rotatable bonds is 4. The van der Waals surface area contributed by atoms with E-state index in [4.69, 9.17) is 23.2 Å². The van der Waals surface area contributed by atoms with Crippen LogP contribution in [-0.4, -0.2) is 40.8 Å². The third kappa shape index (κ3) is 3.77. The van der Waals surface area contributed by atoms with Gasteiger partial charge in [0.1, 0.15) is 4.90 Å². The molecule has 2 aliphatic heterocycles. The molecule has 2 aromatic rings. The van der Waals surface area contributed by atoms with E-state index in [-0.39, 0.29) is 26.4 Å². The molecule has 2 aromatic carbocycles. The van der Waals surface area contributed by atoms with E-state index in [9.17, 15) is 16.8 Å². The van der Waals surface area contributed by atoms with Crippen LogP contribution in [0.2, 0.25) is 10.0 Å². The molecular weight excluding hydrogens is 455 g/mol. The molecule has 1 fully saturated rings. The minimum atomic E-state index is -3.94. The van der Waals surface area contributed by atoms with Crippen molar-refractivity contribution in [2.45, 2.75) is 35.5 Å². The summed E-state index contributed by atoms with van der Waals surface area (Å²) in [5, 5.41) is 0.368. The second-order valence-corrected chi connectivity index (χ2v) is 11.8. The van der Waals surface area contributed by atoms with Crippen molar-refractivity contribution in [3.05, 3.63) is 52.0 Å². The molecule has 0 bridgehead atoms. The van der Waals surface area contributed by atoms with Crippen molar-refractivity contribution in [1.82, 2.24) is 4.31 Å². The van der Waals surface area contributed by atoms with Gasteiger partial charge in [-0.1, -0.05) is 23.2 Å². The van der Waals surface area contributed by atoms with Crippen LogP contribution in [0, 0.1) is 0 Å². The lowest BCUT2D eigenvalue weighted by molar-refractivity contribution is 0.477. The summed E-state index contributed by atoms with van der Waals surface area (Å²) >= 11 is 12.1. The molecule has 0 aliphatic carbocycles. The number of halogens is 2. The SMILES string of the molecule is O=S(=O)(c1ccc2c(c1)CCCN2S(=O)(=O)c1cc(Cl)ccc1Cl)N1CCCC1. The molecule has 4 rings (SSSR count). The highest BCUT2D eigenvalue weighted by Crippen LogP contribution is 2.36. The molecule has 0 aromatic heterocycles. The van der Waals surface area contributed by atoms with Crippen LogP contribution in [0.25, 0.3) is 0 Å². The molecule has 2 heterocycles. The van der Waals surface area contributed by atoms with Crippen LogP contribution in [0.15, 0.2) is 46.2 Å². The van der Waals surface area contributed by atoms with E-state index in [1.54, 1.807) is 12.1 Å². The average Bonchev–Trinajstić information content (AvgIpc) is 3.24. The lowest BCUT2D eigenvalue weighted by Gasteiger charge is -2.31. The molecule has 0 amide bonds. The second-order valence-electron chi connectivity index (χ2n) is 7.16. The Labute approximate surface area is 181 Å². The van der Waals surface area contributed by atoms with Crippen molar-refractivity contribution in [3.63, 3.8) is 0 Å². The van der Waals surface area contributed by atoms with Crippen LogP contribution < -0.4 is 4.31 Å². The largest absolute Gasteiger partial charge is 0.266 e. The summed E-state index contributed by atoms with van der Waals surface area (Å²) in [5.41, 5.74) is 1.17. The first-order valence-electron chi connectivity index (χ1n) is 9.32. The maximum Gasteiger partial charge on any atom is 0.265 e. The Morgan fingerprint density at radius 2 is 1.52 bits per heavy atom. The molecule has 10 heteroatoms. The summed E-state index contributed by atoms with van der Waals surface area (Å²) in [6.07, 6.45) is 2.90. The fourth-order valence-electron chi connectivity index (χ4n) is 3.82. The Morgan fingerprint density at radius 1 is 0.793 bits per heavy atom. The fraction of sp³-hybridized carbons (Fsp3) is 0.368. The van der Waals surface area contributed by atoms with Crippen molar-refractivity contribution in [2.75, 3.05) is 23.9 Å². The molecule has 0 unspecified atom stereocenters. The Hall–Kier alpha value is -1.32. The van der Waals surface area contributed by atoms with Crippen molar-refractivity contribution >= 4 is 48.9 Å². The lowest BCUT2D eigenvalue weighted by atomic mass is 10.0. The summed E-state index contributed by atoms with van der Waals surface area (Å²) < 4.78 is 55.0. The Bertz CT molecular complexity index is 1160. The number of benzene rings is 2. The molecule has 2 aliphatic rings. The molecule has 0 atom stereocenters. The molecule has 29 heavy (non-hydrogen) atoms. The van der Waals surface area contributed by atoms with Crippen LogP contribution in [0.4, 0.5) is 5.69 Å². The molecule has 0 saturated carbocycles. The highest BCUT2D eigenvalue weighted by atomic mass is 35.5. The summed E-state index contributed by atoms with van der Waals surface area (Å²) in [5.74, 6) is 0. The number of anilines is 1. The smallest absolute Gasteiger partial charge is 0.265 e. The molecular formula is C19H20Cl2N2O4S2. The van der Waals surface area contributed by atoms with E-state index < -0.39 is 20.0 Å². The predicted octanol–water partition coefficient (Wildman–Crippen LogP) is 3.92. The minimum absolute atomic E-state index is 0.0618.